The molecule has 2 saturated carbocycles. The Morgan fingerprint density at radius 2 is 0.806 bits per heavy atom. The van der Waals surface area contributed by atoms with E-state index >= 15 is 0 Å². The third-order valence-electron chi connectivity index (χ3n) is 7.47. The van der Waals surface area contributed by atoms with E-state index in [2.05, 4.69) is 78.9 Å². The van der Waals surface area contributed by atoms with E-state index < -0.39 is 7.92 Å². The lowest BCUT2D eigenvalue weighted by Crippen LogP contribution is -2.21. The lowest BCUT2D eigenvalue weighted by molar-refractivity contribution is 0.443. The van der Waals surface area contributed by atoms with Crippen LogP contribution in [0.5, 0.6) is 0 Å². The molecule has 0 atom stereocenters. The van der Waals surface area contributed by atoms with E-state index in [0.29, 0.717) is 0 Å². The van der Waals surface area contributed by atoms with Crippen molar-refractivity contribution in [2.24, 2.45) is 0 Å². The predicted molar refractivity (Wildman–Crippen MR) is 137 cm³/mol. The summed E-state index contributed by atoms with van der Waals surface area (Å²) in [7, 11) is -0.506. The Bertz CT molecular complexity index is 868. The summed E-state index contributed by atoms with van der Waals surface area (Å²) in [4.78, 5) is 0. The van der Waals surface area contributed by atoms with Crippen molar-refractivity contribution >= 4 is 23.8 Å². The third kappa shape index (κ3) is 4.96. The summed E-state index contributed by atoms with van der Waals surface area (Å²) < 4.78 is 0. The van der Waals surface area contributed by atoms with E-state index in [1.54, 1.807) is 11.1 Å². The highest BCUT2D eigenvalue weighted by Crippen LogP contribution is 2.37. The van der Waals surface area contributed by atoms with Crippen LogP contribution in [0.2, 0.25) is 0 Å². The van der Waals surface area contributed by atoms with Crippen LogP contribution in [0.1, 0.15) is 87.2 Å². The molecule has 160 valence electrons. The van der Waals surface area contributed by atoms with E-state index in [1.165, 1.54) is 80.1 Å². The van der Waals surface area contributed by atoms with Gasteiger partial charge in [0.15, 0.2) is 0 Å². The Kier molecular flexibility index (Phi) is 6.86. The quantitative estimate of drug-likeness (QED) is 0.370. The van der Waals surface area contributed by atoms with Crippen molar-refractivity contribution in [3.05, 3.63) is 90.0 Å². The molecular weight excluding hydrogens is 391 g/mol. The Morgan fingerprint density at radius 3 is 1.23 bits per heavy atom. The normalized spacial score (nSPS) is 18.4. The van der Waals surface area contributed by atoms with Crippen LogP contribution in [0, 0.1) is 0 Å². The Labute approximate surface area is 189 Å². The Balaban J connectivity index is 1.43. The first-order valence-electron chi connectivity index (χ1n) is 12.4. The van der Waals surface area contributed by atoms with Crippen molar-refractivity contribution < 1.29 is 0 Å². The first-order valence-corrected chi connectivity index (χ1v) is 13.8. The van der Waals surface area contributed by atoms with Crippen LogP contribution >= 0.6 is 7.92 Å². The molecule has 0 spiro atoms. The van der Waals surface area contributed by atoms with Crippen LogP contribution in [-0.4, -0.2) is 0 Å². The van der Waals surface area contributed by atoms with Crippen LogP contribution in [0.25, 0.3) is 0 Å². The minimum absolute atomic E-state index is 0.506. The summed E-state index contributed by atoms with van der Waals surface area (Å²) in [6.45, 7) is 0. The lowest BCUT2D eigenvalue weighted by Gasteiger charge is -2.25. The van der Waals surface area contributed by atoms with Crippen molar-refractivity contribution in [1.29, 1.82) is 0 Å². The fourth-order valence-corrected chi connectivity index (χ4v) is 7.95. The molecule has 31 heavy (non-hydrogen) atoms. The zero-order valence-electron chi connectivity index (χ0n) is 18.7. The highest BCUT2D eigenvalue weighted by Gasteiger charge is 2.20. The molecule has 2 aliphatic carbocycles. The van der Waals surface area contributed by atoms with Gasteiger partial charge in [-0.15, -0.1) is 0 Å². The van der Waals surface area contributed by atoms with Gasteiger partial charge in [0.1, 0.15) is 0 Å². The summed E-state index contributed by atoms with van der Waals surface area (Å²) in [6.07, 6.45) is 13.9. The van der Waals surface area contributed by atoms with Crippen molar-refractivity contribution in [2.45, 2.75) is 76.0 Å². The maximum atomic E-state index is 2.43. The van der Waals surface area contributed by atoms with Gasteiger partial charge in [0.2, 0.25) is 0 Å². The summed E-state index contributed by atoms with van der Waals surface area (Å²) in [6, 6.07) is 30.6. The van der Waals surface area contributed by atoms with Crippen molar-refractivity contribution in [2.75, 3.05) is 0 Å². The molecule has 1 heteroatoms. The van der Waals surface area contributed by atoms with E-state index in [9.17, 15) is 0 Å². The highest BCUT2D eigenvalue weighted by molar-refractivity contribution is 7.79. The van der Waals surface area contributed by atoms with Gasteiger partial charge in [0, 0.05) is 0 Å². The van der Waals surface area contributed by atoms with E-state index in [4.69, 9.17) is 0 Å². The van der Waals surface area contributed by atoms with Crippen LogP contribution in [-0.2, 0) is 0 Å². The summed E-state index contributed by atoms with van der Waals surface area (Å²) in [5.41, 5.74) is 3.11. The first kappa shape index (κ1) is 21.0. The molecule has 0 N–H and O–H groups in total. The number of hydrogen-bond donors (Lipinski definition) is 0. The molecule has 0 aliphatic heterocycles. The summed E-state index contributed by atoms with van der Waals surface area (Å²) in [5.74, 6) is 1.56. The predicted octanol–water partition coefficient (Wildman–Crippen LogP) is 7.54. The zero-order valence-corrected chi connectivity index (χ0v) is 19.6. The SMILES string of the molecule is c1ccc(P(c2ccc(C3CCCCC3)cc2)c2ccc(C3CCCCC3)cc2)cc1. The average Bonchev–Trinajstić information content (AvgIpc) is 2.87. The lowest BCUT2D eigenvalue weighted by atomic mass is 9.84. The van der Waals surface area contributed by atoms with Crippen LogP contribution < -0.4 is 15.9 Å². The van der Waals surface area contributed by atoms with Crippen molar-refractivity contribution in [3.63, 3.8) is 0 Å². The zero-order chi connectivity index (χ0) is 20.9. The minimum atomic E-state index is -0.506. The number of rotatable bonds is 5. The maximum Gasteiger partial charge on any atom is -0.0134 e. The molecule has 0 amide bonds. The standard InChI is InChI=1S/C30H35P/c1-4-10-24(11-5-1)26-16-20-29(21-17-26)31(28-14-8-3-9-15-28)30-22-18-27(19-23-30)25-12-6-2-7-13-25/h3,8-9,14-25H,1-2,4-7,10-13H2. The van der Waals surface area contributed by atoms with Gasteiger partial charge >= 0.3 is 0 Å². The van der Waals surface area contributed by atoms with E-state index in [1.807, 2.05) is 0 Å². The van der Waals surface area contributed by atoms with Gasteiger partial charge in [-0.2, -0.15) is 0 Å². The van der Waals surface area contributed by atoms with Gasteiger partial charge in [-0.25, -0.2) is 0 Å². The Morgan fingerprint density at radius 1 is 0.419 bits per heavy atom. The summed E-state index contributed by atoms with van der Waals surface area (Å²) >= 11 is 0. The van der Waals surface area contributed by atoms with E-state index in [0.717, 1.165) is 11.8 Å². The second kappa shape index (κ2) is 10.1. The number of hydrogen-bond acceptors (Lipinski definition) is 0. The minimum Gasteiger partial charge on any atom is -0.0622 e. The summed E-state index contributed by atoms with van der Waals surface area (Å²) in [5, 5.41) is 4.41. The molecular formula is C30H35P. The molecule has 3 aromatic carbocycles. The van der Waals surface area contributed by atoms with Gasteiger partial charge in [-0.3, -0.25) is 0 Å². The second-order valence-electron chi connectivity index (χ2n) is 9.52. The monoisotopic (exact) mass is 426 g/mol. The highest BCUT2D eigenvalue weighted by atomic mass is 31.1. The molecule has 2 fully saturated rings. The first-order chi connectivity index (χ1) is 15.4. The fourth-order valence-electron chi connectivity index (χ4n) is 5.69. The fraction of sp³-hybridized carbons (Fsp3) is 0.400. The molecule has 2 aliphatic rings. The van der Waals surface area contributed by atoms with Crippen LogP contribution in [0.15, 0.2) is 78.9 Å². The molecule has 0 nitrogen and oxygen atoms in total. The van der Waals surface area contributed by atoms with Crippen molar-refractivity contribution in [3.8, 4) is 0 Å². The van der Waals surface area contributed by atoms with Crippen LogP contribution in [0.3, 0.4) is 0 Å². The largest absolute Gasteiger partial charge is 0.0622 e. The second-order valence-corrected chi connectivity index (χ2v) is 11.7. The van der Waals surface area contributed by atoms with Crippen LogP contribution in [0.4, 0.5) is 0 Å². The van der Waals surface area contributed by atoms with Crippen molar-refractivity contribution in [1.82, 2.24) is 0 Å². The molecule has 5 rings (SSSR count). The third-order valence-corrected chi connectivity index (χ3v) is 9.91. The smallest absolute Gasteiger partial charge is 0.0134 e. The van der Waals surface area contributed by atoms with Gasteiger partial charge in [0.05, 0.1) is 0 Å². The molecule has 0 unspecified atom stereocenters. The van der Waals surface area contributed by atoms with Gasteiger partial charge < -0.3 is 0 Å². The molecule has 0 saturated heterocycles. The maximum absolute atomic E-state index is 2.43. The molecule has 0 heterocycles. The molecule has 0 radical (unpaired) electrons. The van der Waals surface area contributed by atoms with Gasteiger partial charge in [-0.05, 0) is 72.5 Å². The molecule has 3 aromatic rings. The molecule has 0 aromatic heterocycles. The average molecular weight is 427 g/mol. The van der Waals surface area contributed by atoms with E-state index in [-0.39, 0.29) is 0 Å². The number of benzene rings is 3. The topological polar surface area (TPSA) is 0 Å². The Hall–Kier alpha value is -1.91. The molecule has 0 bridgehead atoms. The van der Waals surface area contributed by atoms with Gasteiger partial charge in [0.25, 0.3) is 0 Å². The van der Waals surface area contributed by atoms with Gasteiger partial charge in [-0.1, -0.05) is 117 Å².